The molecule has 0 radical (unpaired) electrons. The normalized spacial score (nSPS) is 23.2. The van der Waals surface area contributed by atoms with E-state index < -0.39 is 22.4 Å². The zero-order valence-corrected chi connectivity index (χ0v) is 22.3. The third-order valence-corrected chi connectivity index (χ3v) is 16.2. The molecule has 0 aliphatic carbocycles. The Balaban J connectivity index is 3.16. The van der Waals surface area contributed by atoms with E-state index in [1.807, 2.05) is 13.8 Å². The maximum absolute atomic E-state index is 6.88. The van der Waals surface area contributed by atoms with Crippen LogP contribution < -0.4 is 0 Å². The molecular formula is C23H46O4Si2. The molecular weight excluding hydrogens is 396 g/mol. The molecule has 0 aromatic rings. The smallest absolute Gasteiger partial charge is 0.193 e. The van der Waals surface area contributed by atoms with Crippen LogP contribution in [0.5, 0.6) is 0 Å². The molecule has 0 amide bonds. The van der Waals surface area contributed by atoms with Gasteiger partial charge in [-0.05, 0) is 55.7 Å². The lowest BCUT2D eigenvalue weighted by Gasteiger charge is -2.37. The van der Waals surface area contributed by atoms with E-state index in [4.69, 9.17) is 18.3 Å². The highest BCUT2D eigenvalue weighted by atomic mass is 28.4. The van der Waals surface area contributed by atoms with Gasteiger partial charge in [0.1, 0.15) is 12.2 Å². The van der Waals surface area contributed by atoms with Gasteiger partial charge < -0.3 is 18.3 Å². The summed E-state index contributed by atoms with van der Waals surface area (Å²) in [6, 6.07) is 6.61. The molecule has 1 saturated heterocycles. The molecule has 6 heteroatoms. The molecule has 0 spiro atoms. The zero-order valence-electron chi connectivity index (χ0n) is 20.3. The third-order valence-electron chi connectivity index (χ3n) is 6.94. The monoisotopic (exact) mass is 442 g/mol. The molecule has 0 bridgehead atoms. The van der Waals surface area contributed by atoms with Crippen LogP contribution in [0.1, 0.15) is 55.4 Å². The van der Waals surface area contributed by atoms with Gasteiger partial charge in [0.15, 0.2) is 22.4 Å². The van der Waals surface area contributed by atoms with E-state index in [1.54, 1.807) is 6.08 Å². The Hall–Kier alpha value is -0.246. The Morgan fingerprint density at radius 1 is 0.931 bits per heavy atom. The average Bonchev–Trinajstić information content (AvgIpc) is 3.04. The van der Waals surface area contributed by atoms with Crippen LogP contribution in [0.2, 0.25) is 36.3 Å². The van der Waals surface area contributed by atoms with Gasteiger partial charge in [-0.2, -0.15) is 0 Å². The molecule has 0 aromatic heterocycles. The molecule has 0 unspecified atom stereocenters. The van der Waals surface area contributed by atoms with Gasteiger partial charge >= 0.3 is 0 Å². The Morgan fingerprint density at radius 3 is 1.83 bits per heavy atom. The van der Waals surface area contributed by atoms with Crippen LogP contribution in [-0.4, -0.2) is 47.3 Å². The van der Waals surface area contributed by atoms with E-state index >= 15 is 0 Å². The van der Waals surface area contributed by atoms with Gasteiger partial charge in [-0.3, -0.25) is 0 Å². The van der Waals surface area contributed by atoms with E-state index in [9.17, 15) is 0 Å². The second-order valence-corrected chi connectivity index (χ2v) is 18.3. The first kappa shape index (κ1) is 26.8. The summed E-state index contributed by atoms with van der Waals surface area (Å²) in [5, 5.41) is 0. The number of hydrogen-bond donors (Lipinski definition) is 0. The predicted molar refractivity (Wildman–Crippen MR) is 128 cm³/mol. The maximum atomic E-state index is 6.88. The highest BCUT2D eigenvalue weighted by Crippen LogP contribution is 2.37. The summed E-state index contributed by atoms with van der Waals surface area (Å²) in [6.07, 6.45) is 1.17. The SMILES string of the molecule is C=CC(=C)[C@@H](O[Si](CC)(CC)CC)[C@@H]1OC(C)(C)O[C@@H]1CO[Si](CC)(CC)CC. The van der Waals surface area contributed by atoms with E-state index in [2.05, 4.69) is 54.7 Å². The first-order valence-corrected chi connectivity index (χ1v) is 16.6. The Bertz CT molecular complexity index is 510. The average molecular weight is 443 g/mol. The summed E-state index contributed by atoms with van der Waals surface area (Å²) in [7, 11) is -3.57. The second-order valence-electron chi connectivity index (χ2n) is 8.75. The summed E-state index contributed by atoms with van der Waals surface area (Å²) in [5.74, 6) is -0.661. The summed E-state index contributed by atoms with van der Waals surface area (Å²) in [4.78, 5) is 0. The first-order valence-electron chi connectivity index (χ1n) is 11.6. The maximum Gasteiger partial charge on any atom is 0.193 e. The van der Waals surface area contributed by atoms with Crippen molar-refractivity contribution in [2.24, 2.45) is 0 Å². The lowest BCUT2D eigenvalue weighted by Crippen LogP contribution is -2.49. The Labute approximate surface area is 182 Å². The number of ether oxygens (including phenoxy) is 2. The lowest BCUT2D eigenvalue weighted by atomic mass is 10.0. The highest BCUT2D eigenvalue weighted by Gasteiger charge is 2.49. The van der Waals surface area contributed by atoms with Gasteiger partial charge in [0.2, 0.25) is 0 Å². The molecule has 1 aliphatic rings. The largest absolute Gasteiger partial charge is 0.414 e. The molecule has 3 atom stereocenters. The minimum absolute atomic E-state index is 0.166. The van der Waals surface area contributed by atoms with Gasteiger partial charge in [0, 0.05) is 0 Å². The Morgan fingerprint density at radius 2 is 1.41 bits per heavy atom. The van der Waals surface area contributed by atoms with E-state index in [1.165, 1.54) is 0 Å². The van der Waals surface area contributed by atoms with Crippen LogP contribution in [0.4, 0.5) is 0 Å². The van der Waals surface area contributed by atoms with Crippen molar-refractivity contribution in [2.45, 2.75) is 116 Å². The zero-order chi connectivity index (χ0) is 22.3. The van der Waals surface area contributed by atoms with Crippen LogP contribution in [0.3, 0.4) is 0 Å². The van der Waals surface area contributed by atoms with Crippen molar-refractivity contribution in [3.8, 4) is 0 Å². The van der Waals surface area contributed by atoms with Gasteiger partial charge in [-0.25, -0.2) is 0 Å². The van der Waals surface area contributed by atoms with Crippen LogP contribution in [0.25, 0.3) is 0 Å². The van der Waals surface area contributed by atoms with Crippen molar-refractivity contribution in [3.63, 3.8) is 0 Å². The van der Waals surface area contributed by atoms with E-state index in [-0.39, 0.29) is 18.3 Å². The lowest BCUT2D eigenvalue weighted by molar-refractivity contribution is -0.153. The molecule has 1 fully saturated rings. The molecule has 170 valence electrons. The summed E-state index contributed by atoms with van der Waals surface area (Å²) in [5.41, 5.74) is 0.874. The highest BCUT2D eigenvalue weighted by molar-refractivity contribution is 6.74. The van der Waals surface area contributed by atoms with Gasteiger partial charge in [0.05, 0.1) is 12.7 Å². The van der Waals surface area contributed by atoms with Crippen molar-refractivity contribution in [3.05, 3.63) is 24.8 Å². The van der Waals surface area contributed by atoms with Crippen molar-refractivity contribution in [2.75, 3.05) is 6.61 Å². The fourth-order valence-corrected chi connectivity index (χ4v) is 9.76. The molecule has 29 heavy (non-hydrogen) atoms. The van der Waals surface area contributed by atoms with Crippen LogP contribution in [-0.2, 0) is 18.3 Å². The molecule has 0 aromatic carbocycles. The van der Waals surface area contributed by atoms with Crippen LogP contribution in [0, 0.1) is 0 Å². The third kappa shape index (κ3) is 6.61. The van der Waals surface area contributed by atoms with Crippen LogP contribution in [0.15, 0.2) is 24.8 Å². The van der Waals surface area contributed by atoms with Crippen molar-refractivity contribution < 1.29 is 18.3 Å². The molecule has 1 rings (SSSR count). The minimum Gasteiger partial charge on any atom is -0.414 e. The van der Waals surface area contributed by atoms with Crippen molar-refractivity contribution in [1.29, 1.82) is 0 Å². The molecule has 1 aliphatic heterocycles. The minimum atomic E-state index is -1.86. The second kappa shape index (κ2) is 11.4. The standard InChI is InChI=1S/C23H46O4Si2/c1-11-19(8)21(27-29(15-5,16-6)17-7)22-20(25-23(9,10)26-22)18-24-28(12-2,13-3)14-4/h11,20-22H,1,8,12-18H2,2-7,9-10H3/t20-,21-,22-/m1/s1. The molecule has 0 saturated carbocycles. The van der Waals surface area contributed by atoms with Crippen molar-refractivity contribution >= 4 is 16.6 Å². The number of rotatable bonds is 14. The van der Waals surface area contributed by atoms with Crippen molar-refractivity contribution in [1.82, 2.24) is 0 Å². The molecule has 0 N–H and O–H groups in total. The Kier molecular flexibility index (Phi) is 10.5. The first-order chi connectivity index (χ1) is 13.6. The summed E-state index contributed by atoms with van der Waals surface area (Å²) in [6.45, 7) is 26.2. The van der Waals surface area contributed by atoms with Crippen LogP contribution >= 0.6 is 0 Å². The van der Waals surface area contributed by atoms with E-state index in [0.29, 0.717) is 6.61 Å². The fraction of sp³-hybridized carbons (Fsp3) is 0.826. The predicted octanol–water partition coefficient (Wildman–Crippen LogP) is 6.66. The summed E-state index contributed by atoms with van der Waals surface area (Å²) < 4.78 is 26.2. The summed E-state index contributed by atoms with van der Waals surface area (Å²) >= 11 is 0. The van der Waals surface area contributed by atoms with Gasteiger partial charge in [0.25, 0.3) is 0 Å². The van der Waals surface area contributed by atoms with Gasteiger partial charge in [-0.15, -0.1) is 0 Å². The van der Waals surface area contributed by atoms with Gasteiger partial charge in [-0.1, -0.05) is 60.8 Å². The molecule has 1 heterocycles. The quantitative estimate of drug-likeness (QED) is 0.223. The fourth-order valence-electron chi connectivity index (χ4n) is 4.30. The number of hydrogen-bond acceptors (Lipinski definition) is 4. The molecule has 4 nitrogen and oxygen atoms in total. The van der Waals surface area contributed by atoms with E-state index in [0.717, 1.165) is 41.8 Å². The topological polar surface area (TPSA) is 36.9 Å².